The average molecular weight is 389 g/mol. The second-order valence-corrected chi connectivity index (χ2v) is 8.09. The largest absolute Gasteiger partial charge is 0.459 e. The molecular formula is C21H31N3O4. The van der Waals surface area contributed by atoms with E-state index in [0.717, 1.165) is 18.4 Å². The highest BCUT2D eigenvalue weighted by molar-refractivity contribution is 5.96. The maximum absolute atomic E-state index is 12.9. The summed E-state index contributed by atoms with van der Waals surface area (Å²) in [6, 6.07) is 5.51. The Balaban J connectivity index is 1.97. The zero-order valence-electron chi connectivity index (χ0n) is 17.3. The van der Waals surface area contributed by atoms with E-state index in [1.54, 1.807) is 11.0 Å². The van der Waals surface area contributed by atoms with Gasteiger partial charge < -0.3 is 15.0 Å². The molecule has 0 radical (unpaired) electrons. The Morgan fingerprint density at radius 2 is 1.82 bits per heavy atom. The van der Waals surface area contributed by atoms with Gasteiger partial charge in [-0.15, -0.1) is 0 Å². The molecule has 1 fully saturated rings. The van der Waals surface area contributed by atoms with Crippen molar-refractivity contribution in [3.8, 4) is 0 Å². The first kappa shape index (κ1) is 21.9. The molecule has 2 amide bonds. The molecule has 1 saturated heterocycles. The van der Waals surface area contributed by atoms with E-state index < -0.39 is 5.60 Å². The number of amides is 2. The normalized spacial score (nSPS) is 15.2. The van der Waals surface area contributed by atoms with Gasteiger partial charge in [-0.3, -0.25) is 19.3 Å². The van der Waals surface area contributed by atoms with Crippen molar-refractivity contribution in [3.05, 3.63) is 29.3 Å². The van der Waals surface area contributed by atoms with E-state index in [1.165, 1.54) is 0 Å². The van der Waals surface area contributed by atoms with Crippen LogP contribution in [0.5, 0.6) is 0 Å². The zero-order chi connectivity index (χ0) is 20.7. The summed E-state index contributed by atoms with van der Waals surface area (Å²) in [6.45, 7) is 10.2. The van der Waals surface area contributed by atoms with Crippen molar-refractivity contribution in [3.63, 3.8) is 0 Å². The van der Waals surface area contributed by atoms with E-state index in [4.69, 9.17) is 4.74 Å². The van der Waals surface area contributed by atoms with Gasteiger partial charge in [0.1, 0.15) is 5.60 Å². The molecule has 1 aliphatic rings. The number of piperazine rings is 1. The molecule has 0 aliphatic carbocycles. The summed E-state index contributed by atoms with van der Waals surface area (Å²) in [7, 11) is 0. The van der Waals surface area contributed by atoms with Gasteiger partial charge >= 0.3 is 5.97 Å². The topological polar surface area (TPSA) is 79.0 Å². The molecule has 0 aromatic heterocycles. The summed E-state index contributed by atoms with van der Waals surface area (Å²) in [5, 5.41) is 2.64. The molecule has 1 N–H and O–H groups in total. The predicted molar refractivity (Wildman–Crippen MR) is 108 cm³/mol. The van der Waals surface area contributed by atoms with Crippen molar-refractivity contribution < 1.29 is 19.1 Å². The lowest BCUT2D eigenvalue weighted by Gasteiger charge is -2.34. The molecule has 1 aliphatic heterocycles. The molecule has 154 valence electrons. The number of rotatable bonds is 7. The number of nitrogens with zero attached hydrogens (tertiary/aromatic N) is 2. The van der Waals surface area contributed by atoms with Crippen LogP contribution in [-0.2, 0) is 20.7 Å². The van der Waals surface area contributed by atoms with Gasteiger partial charge in [-0.05, 0) is 51.0 Å². The van der Waals surface area contributed by atoms with E-state index in [2.05, 4.69) is 12.2 Å². The molecule has 2 rings (SSSR count). The van der Waals surface area contributed by atoms with Gasteiger partial charge in [-0.25, -0.2) is 0 Å². The molecule has 1 heterocycles. The Labute approximate surface area is 167 Å². The molecule has 0 unspecified atom stereocenters. The molecular weight excluding hydrogens is 358 g/mol. The van der Waals surface area contributed by atoms with Gasteiger partial charge in [0.25, 0.3) is 5.91 Å². The number of benzene rings is 1. The van der Waals surface area contributed by atoms with E-state index in [-0.39, 0.29) is 18.4 Å². The molecule has 1 aromatic carbocycles. The van der Waals surface area contributed by atoms with Crippen LogP contribution < -0.4 is 5.32 Å². The Morgan fingerprint density at radius 1 is 1.14 bits per heavy atom. The standard InChI is InChI=1S/C21H31N3O4/c1-5-6-16-11-17(13-18(12-16)22-15-25)20(27)24-9-7-23(8-10-24)14-19(26)28-21(2,3)4/h11-13,15H,5-10,14H2,1-4H3,(H,22,25). The van der Waals surface area contributed by atoms with Crippen LogP contribution in [0.25, 0.3) is 0 Å². The fourth-order valence-electron chi connectivity index (χ4n) is 3.25. The van der Waals surface area contributed by atoms with Crippen LogP contribution in [0.1, 0.15) is 50.0 Å². The van der Waals surface area contributed by atoms with Crippen LogP contribution in [0.3, 0.4) is 0 Å². The van der Waals surface area contributed by atoms with Gasteiger partial charge in [0.2, 0.25) is 6.41 Å². The summed E-state index contributed by atoms with van der Waals surface area (Å²) < 4.78 is 5.36. The summed E-state index contributed by atoms with van der Waals surface area (Å²) >= 11 is 0. The maximum Gasteiger partial charge on any atom is 0.320 e. The molecule has 0 spiro atoms. The van der Waals surface area contributed by atoms with Gasteiger partial charge in [0.15, 0.2) is 0 Å². The van der Waals surface area contributed by atoms with Crippen molar-refractivity contribution >= 4 is 24.0 Å². The summed E-state index contributed by atoms with van der Waals surface area (Å²) in [6.07, 6.45) is 2.43. The van der Waals surface area contributed by atoms with Gasteiger partial charge in [0, 0.05) is 37.4 Å². The molecule has 0 bridgehead atoms. The smallest absolute Gasteiger partial charge is 0.320 e. The molecule has 0 atom stereocenters. The molecule has 28 heavy (non-hydrogen) atoms. The monoisotopic (exact) mass is 389 g/mol. The third kappa shape index (κ3) is 6.64. The van der Waals surface area contributed by atoms with E-state index in [9.17, 15) is 14.4 Å². The van der Waals surface area contributed by atoms with Crippen LogP contribution in [0.2, 0.25) is 0 Å². The minimum Gasteiger partial charge on any atom is -0.459 e. The van der Waals surface area contributed by atoms with Gasteiger partial charge in [-0.1, -0.05) is 13.3 Å². The van der Waals surface area contributed by atoms with Crippen LogP contribution >= 0.6 is 0 Å². The van der Waals surface area contributed by atoms with Crippen molar-refractivity contribution in [1.29, 1.82) is 0 Å². The lowest BCUT2D eigenvalue weighted by molar-refractivity contribution is -0.156. The van der Waals surface area contributed by atoms with Crippen LogP contribution in [0.4, 0.5) is 5.69 Å². The van der Waals surface area contributed by atoms with Crippen molar-refractivity contribution in [1.82, 2.24) is 9.80 Å². The number of ether oxygens (including phenoxy) is 1. The molecule has 1 aromatic rings. The van der Waals surface area contributed by atoms with Crippen LogP contribution in [0, 0.1) is 0 Å². The highest BCUT2D eigenvalue weighted by atomic mass is 16.6. The second kappa shape index (κ2) is 9.68. The number of hydrogen-bond acceptors (Lipinski definition) is 5. The lowest BCUT2D eigenvalue weighted by atomic mass is 10.0. The van der Waals surface area contributed by atoms with Crippen molar-refractivity contribution in [2.75, 3.05) is 38.0 Å². The fourth-order valence-corrected chi connectivity index (χ4v) is 3.25. The summed E-state index contributed by atoms with van der Waals surface area (Å²) in [5.41, 5.74) is 1.75. The Morgan fingerprint density at radius 3 is 2.39 bits per heavy atom. The SMILES string of the molecule is CCCc1cc(NC=O)cc(C(=O)N2CCN(CC(=O)OC(C)(C)C)CC2)c1. The van der Waals surface area contributed by atoms with E-state index >= 15 is 0 Å². The summed E-state index contributed by atoms with van der Waals surface area (Å²) in [5.74, 6) is -0.298. The third-order valence-corrected chi connectivity index (χ3v) is 4.44. The molecule has 7 nitrogen and oxygen atoms in total. The van der Waals surface area contributed by atoms with E-state index in [1.807, 2.05) is 37.8 Å². The summed E-state index contributed by atoms with van der Waals surface area (Å²) in [4.78, 5) is 39.5. The highest BCUT2D eigenvalue weighted by Gasteiger charge is 2.25. The number of aryl methyl sites for hydroxylation is 1. The zero-order valence-corrected chi connectivity index (χ0v) is 17.3. The number of carbonyl (C=O) groups excluding carboxylic acids is 3. The maximum atomic E-state index is 12.9. The molecule has 7 heteroatoms. The molecule has 0 saturated carbocycles. The fraction of sp³-hybridized carbons (Fsp3) is 0.571. The van der Waals surface area contributed by atoms with Gasteiger partial charge in [0.05, 0.1) is 6.54 Å². The average Bonchev–Trinajstić information content (AvgIpc) is 2.60. The van der Waals surface area contributed by atoms with Crippen LogP contribution in [0.15, 0.2) is 18.2 Å². The first-order chi connectivity index (χ1) is 13.2. The van der Waals surface area contributed by atoms with Crippen molar-refractivity contribution in [2.24, 2.45) is 0 Å². The highest BCUT2D eigenvalue weighted by Crippen LogP contribution is 2.19. The van der Waals surface area contributed by atoms with Crippen LogP contribution in [-0.4, -0.2) is 66.4 Å². The Kier molecular flexibility index (Phi) is 7.57. The Bertz CT molecular complexity index is 704. The lowest BCUT2D eigenvalue weighted by Crippen LogP contribution is -2.50. The first-order valence-electron chi connectivity index (χ1n) is 9.79. The van der Waals surface area contributed by atoms with E-state index in [0.29, 0.717) is 43.8 Å². The number of carbonyl (C=O) groups is 3. The first-order valence-corrected chi connectivity index (χ1v) is 9.79. The quantitative estimate of drug-likeness (QED) is 0.572. The number of hydrogen-bond donors (Lipinski definition) is 1. The van der Waals surface area contributed by atoms with Crippen molar-refractivity contribution in [2.45, 2.75) is 46.1 Å². The minimum atomic E-state index is -0.494. The Hall–Kier alpha value is -2.41. The predicted octanol–water partition coefficient (Wildman–Crippen LogP) is 2.31. The number of nitrogens with one attached hydrogen (secondary N) is 1. The number of esters is 1. The van der Waals surface area contributed by atoms with Gasteiger partial charge in [-0.2, -0.15) is 0 Å². The minimum absolute atomic E-state index is 0.0520. The third-order valence-electron chi connectivity index (χ3n) is 4.44. The number of anilines is 1. The second-order valence-electron chi connectivity index (χ2n) is 8.09.